The van der Waals surface area contributed by atoms with Crippen molar-refractivity contribution < 1.29 is 4.74 Å². The molecule has 0 aromatic heterocycles. The summed E-state index contributed by atoms with van der Waals surface area (Å²) in [5, 5.41) is 3.65. The summed E-state index contributed by atoms with van der Waals surface area (Å²) < 4.78 is 5.81. The Morgan fingerprint density at radius 2 is 1.89 bits per heavy atom. The van der Waals surface area contributed by atoms with Crippen LogP contribution in [-0.2, 0) is 4.74 Å². The van der Waals surface area contributed by atoms with Crippen molar-refractivity contribution in [3.63, 3.8) is 0 Å². The number of rotatable bonds is 7. The zero-order valence-electron chi connectivity index (χ0n) is 13.3. The molecule has 0 saturated carbocycles. The van der Waals surface area contributed by atoms with Crippen LogP contribution in [0.2, 0.25) is 0 Å². The molecule has 2 heteroatoms. The highest BCUT2D eigenvalue weighted by molar-refractivity contribution is 5.33. The molecule has 0 bridgehead atoms. The lowest BCUT2D eigenvalue weighted by atomic mass is 9.86. The first-order chi connectivity index (χ1) is 8.98. The van der Waals surface area contributed by atoms with E-state index in [4.69, 9.17) is 4.74 Å². The third-order valence-electron chi connectivity index (χ3n) is 4.24. The largest absolute Gasteiger partial charge is 0.377 e. The minimum absolute atomic E-state index is 0.170. The lowest BCUT2D eigenvalue weighted by molar-refractivity contribution is -0.0299. The van der Waals surface area contributed by atoms with Crippen LogP contribution in [0.25, 0.3) is 0 Å². The average Bonchev–Trinajstić information content (AvgIpc) is 2.42. The van der Waals surface area contributed by atoms with Gasteiger partial charge < -0.3 is 10.1 Å². The third-order valence-corrected chi connectivity index (χ3v) is 4.24. The Balaban J connectivity index is 3.11. The number of benzene rings is 1. The first-order valence-electron chi connectivity index (χ1n) is 7.34. The maximum atomic E-state index is 5.81. The van der Waals surface area contributed by atoms with Crippen LogP contribution in [-0.4, -0.2) is 19.3 Å². The van der Waals surface area contributed by atoms with E-state index < -0.39 is 0 Å². The van der Waals surface area contributed by atoms with Gasteiger partial charge in [0.1, 0.15) is 0 Å². The van der Waals surface area contributed by atoms with Crippen molar-refractivity contribution in [3.8, 4) is 0 Å². The van der Waals surface area contributed by atoms with E-state index in [0.29, 0.717) is 0 Å². The molecule has 2 nitrogen and oxygen atoms in total. The first kappa shape index (κ1) is 16.2. The summed E-state index contributed by atoms with van der Waals surface area (Å²) in [6, 6.07) is 6.96. The summed E-state index contributed by atoms with van der Waals surface area (Å²) in [7, 11) is 1.81. The van der Waals surface area contributed by atoms with Gasteiger partial charge in [-0.15, -0.1) is 0 Å². The van der Waals surface area contributed by atoms with Crippen LogP contribution in [0.15, 0.2) is 18.2 Å². The zero-order chi connectivity index (χ0) is 14.5. The monoisotopic (exact) mass is 263 g/mol. The highest BCUT2D eigenvalue weighted by Gasteiger charge is 2.33. The van der Waals surface area contributed by atoms with Crippen molar-refractivity contribution in [2.45, 2.75) is 59.1 Å². The molecule has 1 rings (SSSR count). The zero-order valence-corrected chi connectivity index (χ0v) is 13.3. The van der Waals surface area contributed by atoms with Crippen LogP contribution in [0, 0.1) is 13.8 Å². The molecule has 1 N–H and O–H groups in total. The normalized spacial score (nSPS) is 16.1. The number of ether oxygens (including phenoxy) is 1. The number of hydrogen-bond donors (Lipinski definition) is 1. The van der Waals surface area contributed by atoms with E-state index in [2.05, 4.69) is 58.1 Å². The maximum Gasteiger partial charge on any atom is 0.0841 e. The van der Waals surface area contributed by atoms with Gasteiger partial charge in [0.15, 0.2) is 0 Å². The lowest BCUT2D eigenvalue weighted by Crippen LogP contribution is -2.43. The van der Waals surface area contributed by atoms with Crippen LogP contribution in [0.1, 0.15) is 56.3 Å². The van der Waals surface area contributed by atoms with Crippen molar-refractivity contribution in [2.24, 2.45) is 0 Å². The number of hydrogen-bond acceptors (Lipinski definition) is 2. The highest BCUT2D eigenvalue weighted by Crippen LogP contribution is 2.32. The Hall–Kier alpha value is -0.860. The average molecular weight is 263 g/mol. The summed E-state index contributed by atoms with van der Waals surface area (Å²) in [6.07, 6.45) is 2.11. The maximum absolute atomic E-state index is 5.81. The molecule has 1 aromatic rings. The fourth-order valence-electron chi connectivity index (χ4n) is 2.39. The second-order valence-corrected chi connectivity index (χ2v) is 5.60. The molecular formula is C17H29NO. The predicted molar refractivity (Wildman–Crippen MR) is 82.7 cm³/mol. The van der Waals surface area contributed by atoms with E-state index in [1.54, 1.807) is 0 Å². The summed E-state index contributed by atoms with van der Waals surface area (Å²) in [6.45, 7) is 11.9. The van der Waals surface area contributed by atoms with E-state index >= 15 is 0 Å². The molecule has 0 aliphatic heterocycles. The molecular weight excluding hydrogens is 234 g/mol. The van der Waals surface area contributed by atoms with Gasteiger partial charge in [0.05, 0.1) is 11.6 Å². The molecule has 2 unspecified atom stereocenters. The predicted octanol–water partition coefficient (Wildman–Crippen LogP) is 4.16. The minimum atomic E-state index is -0.170. The molecule has 19 heavy (non-hydrogen) atoms. The molecule has 2 atom stereocenters. The van der Waals surface area contributed by atoms with Gasteiger partial charge in [-0.3, -0.25) is 0 Å². The molecule has 0 fully saturated rings. The molecule has 0 radical (unpaired) electrons. The van der Waals surface area contributed by atoms with Crippen molar-refractivity contribution in [1.82, 2.24) is 5.32 Å². The fraction of sp³-hybridized carbons (Fsp3) is 0.647. The SMILES string of the molecule is CCCNC(c1ccc(C)c(C)c1)C(C)(CC)OC. The lowest BCUT2D eigenvalue weighted by Gasteiger charge is -2.37. The molecule has 0 aliphatic carbocycles. The van der Waals surface area contributed by atoms with E-state index in [1.165, 1.54) is 16.7 Å². The van der Waals surface area contributed by atoms with Gasteiger partial charge in [-0.1, -0.05) is 32.0 Å². The van der Waals surface area contributed by atoms with Crippen molar-refractivity contribution >= 4 is 0 Å². The molecule has 0 saturated heterocycles. The Morgan fingerprint density at radius 3 is 2.37 bits per heavy atom. The van der Waals surface area contributed by atoms with Gasteiger partial charge in [0.2, 0.25) is 0 Å². The van der Waals surface area contributed by atoms with Crippen molar-refractivity contribution in [2.75, 3.05) is 13.7 Å². The minimum Gasteiger partial charge on any atom is -0.377 e. The molecule has 0 spiro atoms. The van der Waals surface area contributed by atoms with Gasteiger partial charge in [-0.05, 0) is 56.8 Å². The van der Waals surface area contributed by atoms with Crippen LogP contribution < -0.4 is 5.32 Å². The van der Waals surface area contributed by atoms with Crippen molar-refractivity contribution in [3.05, 3.63) is 34.9 Å². The third kappa shape index (κ3) is 3.80. The van der Waals surface area contributed by atoms with Gasteiger partial charge in [-0.2, -0.15) is 0 Å². The van der Waals surface area contributed by atoms with Gasteiger partial charge >= 0.3 is 0 Å². The van der Waals surface area contributed by atoms with Crippen LogP contribution in [0.4, 0.5) is 0 Å². The Morgan fingerprint density at radius 1 is 1.21 bits per heavy atom. The second kappa shape index (κ2) is 7.06. The number of methoxy groups -OCH3 is 1. The summed E-state index contributed by atoms with van der Waals surface area (Å²) in [5.41, 5.74) is 3.84. The first-order valence-corrected chi connectivity index (χ1v) is 7.34. The summed E-state index contributed by atoms with van der Waals surface area (Å²) >= 11 is 0. The standard InChI is InChI=1S/C17H29NO/c1-7-11-18-16(17(5,8-2)19-6)15-10-9-13(3)14(4)12-15/h9-10,12,16,18H,7-8,11H2,1-6H3. The second-order valence-electron chi connectivity index (χ2n) is 5.60. The Labute approximate surface area is 118 Å². The summed E-state index contributed by atoms with van der Waals surface area (Å²) in [4.78, 5) is 0. The van der Waals surface area contributed by atoms with Crippen molar-refractivity contribution in [1.29, 1.82) is 0 Å². The summed E-state index contributed by atoms with van der Waals surface area (Å²) in [5.74, 6) is 0. The van der Waals surface area contributed by atoms with Gasteiger partial charge in [0.25, 0.3) is 0 Å². The van der Waals surface area contributed by atoms with Gasteiger partial charge in [-0.25, -0.2) is 0 Å². The number of nitrogens with one attached hydrogen (secondary N) is 1. The molecule has 0 amide bonds. The van der Waals surface area contributed by atoms with E-state index in [1.807, 2.05) is 7.11 Å². The quantitative estimate of drug-likeness (QED) is 0.797. The number of aryl methyl sites for hydroxylation is 2. The van der Waals surface area contributed by atoms with Crippen LogP contribution in [0.3, 0.4) is 0 Å². The van der Waals surface area contributed by atoms with E-state index in [0.717, 1.165) is 19.4 Å². The van der Waals surface area contributed by atoms with Crippen LogP contribution >= 0.6 is 0 Å². The topological polar surface area (TPSA) is 21.3 Å². The Bertz CT molecular complexity index is 396. The molecule has 108 valence electrons. The smallest absolute Gasteiger partial charge is 0.0841 e. The molecule has 0 heterocycles. The fourth-order valence-corrected chi connectivity index (χ4v) is 2.39. The van der Waals surface area contributed by atoms with Gasteiger partial charge in [0, 0.05) is 7.11 Å². The highest BCUT2D eigenvalue weighted by atomic mass is 16.5. The van der Waals surface area contributed by atoms with E-state index in [9.17, 15) is 0 Å². The van der Waals surface area contributed by atoms with Crippen LogP contribution in [0.5, 0.6) is 0 Å². The Kier molecular flexibility index (Phi) is 6.02. The molecule has 0 aliphatic rings. The van der Waals surface area contributed by atoms with E-state index in [-0.39, 0.29) is 11.6 Å². The molecule has 1 aromatic carbocycles.